The zero-order valence-electron chi connectivity index (χ0n) is 14.1. The fourth-order valence-electron chi connectivity index (χ4n) is 4.14. The molecule has 7 heteroatoms. The number of hydrogen-bond acceptors (Lipinski definition) is 3. The summed E-state index contributed by atoms with van der Waals surface area (Å²) in [5.41, 5.74) is 8.24. The summed E-state index contributed by atoms with van der Waals surface area (Å²) in [5.74, 6) is 1.01. The van der Waals surface area contributed by atoms with Crippen LogP contribution in [0.2, 0.25) is 5.02 Å². The number of carbonyl (C=O) groups is 1. The van der Waals surface area contributed by atoms with Crippen molar-refractivity contribution in [1.29, 1.82) is 0 Å². The van der Waals surface area contributed by atoms with E-state index in [1.54, 1.807) is 10.9 Å². The quantitative estimate of drug-likeness (QED) is 0.870. The van der Waals surface area contributed by atoms with Crippen molar-refractivity contribution >= 4 is 29.9 Å². The van der Waals surface area contributed by atoms with Gasteiger partial charge in [-0.2, -0.15) is 5.10 Å². The van der Waals surface area contributed by atoms with Crippen LogP contribution in [0.5, 0.6) is 0 Å². The van der Waals surface area contributed by atoms with Gasteiger partial charge in [0, 0.05) is 37.9 Å². The van der Waals surface area contributed by atoms with Crippen molar-refractivity contribution in [2.24, 2.45) is 24.6 Å². The number of aryl methyl sites for hydroxylation is 1. The van der Waals surface area contributed by atoms with Gasteiger partial charge in [0.05, 0.1) is 10.6 Å². The molecule has 4 rings (SSSR count). The highest BCUT2D eigenvalue weighted by molar-refractivity contribution is 6.33. The molecule has 2 aromatic rings. The van der Waals surface area contributed by atoms with Gasteiger partial charge in [-0.15, -0.1) is 12.4 Å². The van der Waals surface area contributed by atoms with E-state index in [9.17, 15) is 4.79 Å². The third-order valence-electron chi connectivity index (χ3n) is 5.39. The maximum absolute atomic E-state index is 13.1. The van der Waals surface area contributed by atoms with Crippen LogP contribution in [0.1, 0.15) is 23.2 Å². The van der Waals surface area contributed by atoms with Crippen LogP contribution in [0.4, 0.5) is 0 Å². The van der Waals surface area contributed by atoms with Crippen molar-refractivity contribution in [1.82, 2.24) is 14.7 Å². The number of nitrogens with zero attached hydrogens (tertiary/aromatic N) is 3. The van der Waals surface area contributed by atoms with E-state index in [2.05, 4.69) is 5.10 Å². The fraction of sp³-hybridized carbons (Fsp3) is 0.444. The molecule has 134 valence electrons. The van der Waals surface area contributed by atoms with Crippen molar-refractivity contribution in [3.05, 3.63) is 41.0 Å². The van der Waals surface area contributed by atoms with E-state index >= 15 is 0 Å². The zero-order valence-corrected chi connectivity index (χ0v) is 15.6. The third kappa shape index (κ3) is 3.16. The van der Waals surface area contributed by atoms with Crippen LogP contribution in [0.3, 0.4) is 0 Å². The first-order chi connectivity index (χ1) is 11.5. The molecule has 0 bridgehead atoms. The van der Waals surface area contributed by atoms with Crippen LogP contribution in [-0.4, -0.2) is 39.7 Å². The lowest BCUT2D eigenvalue weighted by Crippen LogP contribution is -2.33. The van der Waals surface area contributed by atoms with Crippen molar-refractivity contribution in [2.75, 3.05) is 13.1 Å². The van der Waals surface area contributed by atoms with Crippen molar-refractivity contribution < 1.29 is 4.79 Å². The largest absolute Gasteiger partial charge is 0.338 e. The Kier molecular flexibility index (Phi) is 5.09. The molecule has 1 amide bonds. The smallest absolute Gasteiger partial charge is 0.257 e. The molecule has 0 radical (unpaired) electrons. The van der Waals surface area contributed by atoms with Gasteiger partial charge in [-0.3, -0.25) is 9.48 Å². The lowest BCUT2D eigenvalue weighted by Gasteiger charge is -2.18. The molecule has 0 spiro atoms. The van der Waals surface area contributed by atoms with E-state index in [0.717, 1.165) is 31.5 Å². The Morgan fingerprint density at radius 2 is 2.04 bits per heavy atom. The summed E-state index contributed by atoms with van der Waals surface area (Å²) >= 11 is 6.31. The number of nitrogens with two attached hydrogens (primary N) is 1. The summed E-state index contributed by atoms with van der Waals surface area (Å²) in [6, 6.07) is 7.72. The van der Waals surface area contributed by atoms with Crippen LogP contribution in [-0.2, 0) is 7.05 Å². The second kappa shape index (κ2) is 6.98. The Labute approximate surface area is 158 Å². The molecule has 5 nitrogen and oxygen atoms in total. The molecule has 3 atom stereocenters. The van der Waals surface area contributed by atoms with E-state index in [4.69, 9.17) is 17.3 Å². The maximum atomic E-state index is 13.1. The van der Waals surface area contributed by atoms with E-state index in [0.29, 0.717) is 28.1 Å². The number of aromatic nitrogens is 2. The molecule has 25 heavy (non-hydrogen) atoms. The molecule has 1 saturated carbocycles. The van der Waals surface area contributed by atoms with E-state index in [-0.39, 0.29) is 24.4 Å². The Morgan fingerprint density at radius 1 is 1.28 bits per heavy atom. The van der Waals surface area contributed by atoms with Gasteiger partial charge in [0.1, 0.15) is 5.69 Å². The molecular weight excluding hydrogens is 359 g/mol. The van der Waals surface area contributed by atoms with Crippen molar-refractivity contribution in [3.8, 4) is 11.3 Å². The number of halogens is 2. The monoisotopic (exact) mass is 380 g/mol. The summed E-state index contributed by atoms with van der Waals surface area (Å²) in [7, 11) is 1.83. The second-order valence-corrected chi connectivity index (χ2v) is 7.33. The highest BCUT2D eigenvalue weighted by Gasteiger charge is 2.43. The van der Waals surface area contributed by atoms with Gasteiger partial charge < -0.3 is 10.6 Å². The maximum Gasteiger partial charge on any atom is 0.257 e. The molecule has 1 aromatic heterocycles. The summed E-state index contributed by atoms with van der Waals surface area (Å²) in [6.45, 7) is 1.55. The van der Waals surface area contributed by atoms with Crippen LogP contribution in [0, 0.1) is 11.8 Å². The number of fused-ring (bicyclic) bond motifs is 1. The Bertz CT molecular complexity index is 791. The van der Waals surface area contributed by atoms with Gasteiger partial charge in [0.2, 0.25) is 0 Å². The van der Waals surface area contributed by atoms with Gasteiger partial charge in [-0.25, -0.2) is 0 Å². The molecule has 1 aliphatic carbocycles. The number of likely N-dealkylation sites (tertiary alicyclic amines) is 1. The number of hydrogen-bond donors (Lipinski definition) is 1. The molecule has 1 aliphatic heterocycles. The first kappa shape index (κ1) is 18.2. The minimum Gasteiger partial charge on any atom is -0.338 e. The topological polar surface area (TPSA) is 64.2 Å². The number of rotatable bonds is 2. The molecule has 1 saturated heterocycles. The molecule has 2 fully saturated rings. The SMILES string of the molecule is Cl.Cn1cc(C(=O)N2CC3CCC(N)C3C2)c(-c2ccccc2Cl)n1. The van der Waals surface area contributed by atoms with E-state index in [1.807, 2.05) is 36.2 Å². The molecular formula is C18H22Cl2N4O. The highest BCUT2D eigenvalue weighted by Crippen LogP contribution is 2.38. The standard InChI is InChI=1S/C18H21ClN4O.ClH/c1-22-9-14(17(21-22)12-4-2-3-5-15(12)19)18(24)23-8-11-6-7-16(20)13(11)10-23;/h2-5,9,11,13,16H,6-8,10,20H2,1H3;1H. The fourth-order valence-corrected chi connectivity index (χ4v) is 4.37. The predicted molar refractivity (Wildman–Crippen MR) is 101 cm³/mol. The molecule has 3 unspecified atom stereocenters. The number of carbonyl (C=O) groups excluding carboxylic acids is 1. The Hall–Kier alpha value is -1.56. The molecule has 2 N–H and O–H groups in total. The van der Waals surface area contributed by atoms with Crippen molar-refractivity contribution in [2.45, 2.75) is 18.9 Å². The first-order valence-corrected chi connectivity index (χ1v) is 8.76. The molecule has 2 heterocycles. The third-order valence-corrected chi connectivity index (χ3v) is 5.72. The van der Waals surface area contributed by atoms with Crippen LogP contribution in [0.25, 0.3) is 11.3 Å². The van der Waals surface area contributed by atoms with Gasteiger partial charge in [0.25, 0.3) is 5.91 Å². The minimum atomic E-state index is 0. The van der Waals surface area contributed by atoms with Gasteiger partial charge in [-0.1, -0.05) is 29.8 Å². The predicted octanol–water partition coefficient (Wildman–Crippen LogP) is 2.97. The van der Waals surface area contributed by atoms with Crippen molar-refractivity contribution in [3.63, 3.8) is 0 Å². The van der Waals surface area contributed by atoms with Crippen LogP contribution < -0.4 is 5.73 Å². The second-order valence-electron chi connectivity index (χ2n) is 6.92. The van der Waals surface area contributed by atoms with Crippen LogP contribution in [0.15, 0.2) is 30.5 Å². The van der Waals surface area contributed by atoms with E-state index < -0.39 is 0 Å². The van der Waals surface area contributed by atoms with Gasteiger partial charge >= 0.3 is 0 Å². The van der Waals surface area contributed by atoms with Crippen LogP contribution >= 0.6 is 24.0 Å². The summed E-state index contributed by atoms with van der Waals surface area (Å²) in [4.78, 5) is 15.0. The normalized spacial score (nSPS) is 24.9. The lowest BCUT2D eigenvalue weighted by atomic mass is 9.98. The number of amides is 1. The minimum absolute atomic E-state index is 0. The zero-order chi connectivity index (χ0) is 16.8. The average molecular weight is 381 g/mol. The number of benzene rings is 1. The van der Waals surface area contributed by atoms with Gasteiger partial charge in [0.15, 0.2) is 0 Å². The molecule has 2 aliphatic rings. The van der Waals surface area contributed by atoms with E-state index in [1.165, 1.54) is 0 Å². The molecule has 1 aromatic carbocycles. The van der Waals surface area contributed by atoms with Gasteiger partial charge in [-0.05, 0) is 30.7 Å². The lowest BCUT2D eigenvalue weighted by molar-refractivity contribution is 0.0780. The summed E-state index contributed by atoms with van der Waals surface area (Å²) < 4.78 is 1.68. The first-order valence-electron chi connectivity index (χ1n) is 8.38. The summed E-state index contributed by atoms with van der Waals surface area (Å²) in [5, 5.41) is 5.08. The average Bonchev–Trinajstić information content (AvgIpc) is 3.23. The Balaban J connectivity index is 0.00000182. The summed E-state index contributed by atoms with van der Waals surface area (Å²) in [6.07, 6.45) is 3.99. The Morgan fingerprint density at radius 3 is 2.76 bits per heavy atom. The highest BCUT2D eigenvalue weighted by atomic mass is 35.5.